The van der Waals surface area contributed by atoms with Gasteiger partial charge in [0.15, 0.2) is 17.2 Å². The first kappa shape index (κ1) is 17.1. The van der Waals surface area contributed by atoms with Crippen LogP contribution in [0.4, 0.5) is 0 Å². The molecule has 2 aromatic rings. The Hall–Kier alpha value is -3.28. The van der Waals surface area contributed by atoms with Gasteiger partial charge >= 0.3 is 5.97 Å². The number of cyclic esters (lactones) is 1. The van der Waals surface area contributed by atoms with E-state index in [1.165, 1.54) is 0 Å². The highest BCUT2D eigenvalue weighted by Gasteiger charge is 2.24. The third-order valence-electron chi connectivity index (χ3n) is 4.19. The topological polar surface area (TPSA) is 66.3 Å². The normalized spacial score (nSPS) is 16.4. The predicted molar refractivity (Wildman–Crippen MR) is 100 cm³/mol. The second-order valence-electron chi connectivity index (χ2n) is 6.18. The fraction of sp³-hybridized carbons (Fsp3) is 0.238. The highest BCUT2D eigenvalue weighted by molar-refractivity contribution is 6.12. The number of unbranched alkanes of at least 4 members (excludes halogenated alkanes) is 1. The van der Waals surface area contributed by atoms with Crippen LogP contribution >= 0.6 is 0 Å². The van der Waals surface area contributed by atoms with Gasteiger partial charge in [0, 0.05) is 5.56 Å². The first-order valence-corrected chi connectivity index (χ1v) is 8.88. The summed E-state index contributed by atoms with van der Waals surface area (Å²) in [5.41, 5.74) is 1.75. The molecule has 0 unspecified atom stereocenters. The van der Waals surface area contributed by atoms with Gasteiger partial charge in [-0.2, -0.15) is 0 Å². The monoisotopic (exact) mass is 365 g/mol. The Morgan fingerprint density at radius 3 is 2.74 bits per heavy atom. The number of hydrogen-bond donors (Lipinski definition) is 0. The van der Waals surface area contributed by atoms with Crippen molar-refractivity contribution >= 4 is 17.9 Å². The number of carbonyl (C=O) groups is 1. The molecule has 0 bridgehead atoms. The van der Waals surface area contributed by atoms with Gasteiger partial charge in [0.05, 0.1) is 6.61 Å². The lowest BCUT2D eigenvalue weighted by Crippen LogP contribution is -2.05. The van der Waals surface area contributed by atoms with Crippen molar-refractivity contribution in [2.75, 3.05) is 13.4 Å². The zero-order chi connectivity index (χ0) is 18.6. The van der Waals surface area contributed by atoms with Crippen LogP contribution in [0.15, 0.2) is 53.2 Å². The quantitative estimate of drug-likeness (QED) is 0.441. The van der Waals surface area contributed by atoms with Crippen molar-refractivity contribution in [1.82, 2.24) is 0 Å². The maximum atomic E-state index is 12.2. The van der Waals surface area contributed by atoms with Crippen molar-refractivity contribution in [1.29, 1.82) is 0 Å². The van der Waals surface area contributed by atoms with E-state index in [0.29, 0.717) is 18.1 Å². The summed E-state index contributed by atoms with van der Waals surface area (Å²) in [4.78, 5) is 16.5. The average molecular weight is 365 g/mol. The molecule has 2 aromatic carbocycles. The number of benzene rings is 2. The number of nitrogens with zero attached hydrogens (tertiary/aromatic N) is 1. The first-order chi connectivity index (χ1) is 13.2. The van der Waals surface area contributed by atoms with Crippen LogP contribution in [0.2, 0.25) is 0 Å². The molecule has 0 aromatic heterocycles. The van der Waals surface area contributed by atoms with Crippen molar-refractivity contribution in [2.24, 2.45) is 4.99 Å². The Kier molecular flexibility index (Phi) is 4.78. The molecular weight excluding hydrogens is 346 g/mol. The highest BCUT2D eigenvalue weighted by Crippen LogP contribution is 2.33. The number of ether oxygens (including phenoxy) is 4. The molecule has 0 N–H and O–H groups in total. The van der Waals surface area contributed by atoms with Gasteiger partial charge in [-0.05, 0) is 54.5 Å². The molecule has 4 rings (SSSR count). The molecule has 6 heteroatoms. The lowest BCUT2D eigenvalue weighted by Gasteiger charge is -2.05. The number of aliphatic imine (C=N–C) groups is 1. The van der Waals surface area contributed by atoms with Crippen LogP contribution in [-0.2, 0) is 9.53 Å². The van der Waals surface area contributed by atoms with Gasteiger partial charge in [-0.3, -0.25) is 0 Å². The molecule has 0 aliphatic carbocycles. The maximum absolute atomic E-state index is 12.2. The number of rotatable bonds is 6. The summed E-state index contributed by atoms with van der Waals surface area (Å²) >= 11 is 0. The molecule has 27 heavy (non-hydrogen) atoms. The summed E-state index contributed by atoms with van der Waals surface area (Å²) in [5, 5.41) is 0. The zero-order valence-corrected chi connectivity index (χ0v) is 14.9. The molecular formula is C21H19NO5. The lowest BCUT2D eigenvalue weighted by molar-refractivity contribution is -0.129. The third-order valence-corrected chi connectivity index (χ3v) is 4.19. The van der Waals surface area contributed by atoms with Gasteiger partial charge in [0.25, 0.3) is 0 Å². The zero-order valence-electron chi connectivity index (χ0n) is 14.9. The van der Waals surface area contributed by atoms with Gasteiger partial charge in [0.1, 0.15) is 5.75 Å². The van der Waals surface area contributed by atoms with Crippen LogP contribution in [0.5, 0.6) is 17.2 Å². The SMILES string of the molecule is CCCCOc1ccc(C2=N/C(=C\c3ccc4c(c3)OCO4)C(=O)O2)cc1. The van der Waals surface area contributed by atoms with E-state index in [4.69, 9.17) is 18.9 Å². The van der Waals surface area contributed by atoms with E-state index in [1.54, 1.807) is 18.2 Å². The fourth-order valence-electron chi connectivity index (χ4n) is 2.72. The minimum absolute atomic E-state index is 0.206. The Morgan fingerprint density at radius 1 is 1.11 bits per heavy atom. The molecule has 0 atom stereocenters. The van der Waals surface area contributed by atoms with Crippen LogP contribution in [0.1, 0.15) is 30.9 Å². The second-order valence-corrected chi connectivity index (χ2v) is 6.18. The van der Waals surface area contributed by atoms with Crippen LogP contribution < -0.4 is 14.2 Å². The van der Waals surface area contributed by atoms with Crippen molar-refractivity contribution in [3.05, 3.63) is 59.3 Å². The summed E-state index contributed by atoms with van der Waals surface area (Å²) in [6.07, 6.45) is 3.77. The largest absolute Gasteiger partial charge is 0.494 e. The Labute approximate surface area is 157 Å². The molecule has 0 amide bonds. The van der Waals surface area contributed by atoms with Gasteiger partial charge in [-0.1, -0.05) is 19.4 Å². The van der Waals surface area contributed by atoms with Gasteiger partial charge in [-0.15, -0.1) is 0 Å². The van der Waals surface area contributed by atoms with Crippen LogP contribution in [0, 0.1) is 0 Å². The highest BCUT2D eigenvalue weighted by atomic mass is 16.7. The van der Waals surface area contributed by atoms with Crippen molar-refractivity contribution in [3.63, 3.8) is 0 Å². The molecule has 0 fully saturated rings. The van der Waals surface area contributed by atoms with Gasteiger partial charge in [0.2, 0.25) is 12.7 Å². The van der Waals surface area contributed by atoms with Crippen molar-refractivity contribution < 1.29 is 23.7 Å². The van der Waals surface area contributed by atoms with Crippen LogP contribution in [-0.4, -0.2) is 25.3 Å². The van der Waals surface area contributed by atoms with E-state index in [1.807, 2.05) is 30.3 Å². The Morgan fingerprint density at radius 2 is 1.93 bits per heavy atom. The van der Waals surface area contributed by atoms with E-state index in [-0.39, 0.29) is 18.4 Å². The summed E-state index contributed by atoms with van der Waals surface area (Å²) < 4.78 is 21.6. The lowest BCUT2D eigenvalue weighted by atomic mass is 10.1. The first-order valence-electron chi connectivity index (χ1n) is 8.88. The Bertz CT molecular complexity index is 915. The molecule has 2 heterocycles. The van der Waals surface area contributed by atoms with Crippen molar-refractivity contribution in [2.45, 2.75) is 19.8 Å². The average Bonchev–Trinajstić information content (AvgIpc) is 3.29. The second kappa shape index (κ2) is 7.53. The third kappa shape index (κ3) is 3.79. The summed E-state index contributed by atoms with van der Waals surface area (Å²) in [7, 11) is 0. The smallest absolute Gasteiger partial charge is 0.363 e. The fourth-order valence-corrected chi connectivity index (χ4v) is 2.72. The molecule has 6 nitrogen and oxygen atoms in total. The van der Waals surface area contributed by atoms with Crippen LogP contribution in [0.25, 0.3) is 6.08 Å². The minimum atomic E-state index is -0.481. The van der Waals surface area contributed by atoms with Crippen molar-refractivity contribution in [3.8, 4) is 17.2 Å². The maximum Gasteiger partial charge on any atom is 0.363 e. The molecule has 0 saturated carbocycles. The van der Waals surface area contributed by atoms with E-state index in [2.05, 4.69) is 11.9 Å². The molecule has 2 aliphatic heterocycles. The van der Waals surface area contributed by atoms with Gasteiger partial charge < -0.3 is 18.9 Å². The number of carbonyl (C=O) groups excluding carboxylic acids is 1. The predicted octanol–water partition coefficient (Wildman–Crippen LogP) is 3.94. The molecule has 0 radical (unpaired) electrons. The van der Waals surface area contributed by atoms with Gasteiger partial charge in [-0.25, -0.2) is 9.79 Å². The molecule has 2 aliphatic rings. The minimum Gasteiger partial charge on any atom is -0.494 e. The summed E-state index contributed by atoms with van der Waals surface area (Å²) in [5.74, 6) is 1.93. The number of hydrogen-bond acceptors (Lipinski definition) is 6. The molecule has 0 saturated heterocycles. The van der Waals surface area contributed by atoms with E-state index < -0.39 is 5.97 Å². The molecule has 0 spiro atoms. The summed E-state index contributed by atoms with van der Waals surface area (Å²) in [6.45, 7) is 3.01. The molecule has 138 valence electrons. The summed E-state index contributed by atoms with van der Waals surface area (Å²) in [6, 6.07) is 12.8. The number of fused-ring (bicyclic) bond motifs is 1. The van der Waals surface area contributed by atoms with E-state index >= 15 is 0 Å². The van der Waals surface area contributed by atoms with E-state index in [0.717, 1.165) is 29.7 Å². The standard InChI is InChI=1S/C21H19NO5/c1-2-3-10-24-16-7-5-15(6-8-16)20-22-17(21(23)27-20)11-14-4-9-18-19(12-14)26-13-25-18/h4-9,11-12H,2-3,10,13H2,1H3/b17-11-. The number of esters is 1. The Balaban J connectivity index is 1.51. The van der Waals surface area contributed by atoms with E-state index in [9.17, 15) is 4.79 Å². The van der Waals surface area contributed by atoms with Crippen LogP contribution in [0.3, 0.4) is 0 Å².